The molecule has 0 aliphatic heterocycles. The monoisotopic (exact) mass is 643 g/mol. The molecule has 4 aliphatic carbocycles. The van der Waals surface area contributed by atoms with E-state index in [2.05, 4.69) is 12.1 Å². The first-order valence-electron chi connectivity index (χ1n) is 17.2. The second-order valence-corrected chi connectivity index (χ2v) is 14.8. The van der Waals surface area contributed by atoms with E-state index in [0.29, 0.717) is 42.7 Å². The van der Waals surface area contributed by atoms with Crippen LogP contribution in [0.2, 0.25) is 0 Å². The lowest BCUT2D eigenvalue weighted by atomic mass is 9.58. The minimum Gasteiger partial charge on any atom is -0.458 e. The van der Waals surface area contributed by atoms with Crippen LogP contribution in [0.5, 0.6) is 0 Å². The number of carbonyl (C=O) groups is 2. The molecule has 4 aliphatic rings. The van der Waals surface area contributed by atoms with Crippen LogP contribution in [0.25, 0.3) is 0 Å². The normalized spacial score (nSPS) is 37.3. The Hall–Kier alpha value is -2.53. The summed E-state index contributed by atoms with van der Waals surface area (Å²) in [5.74, 6) is -2.08. The maximum Gasteiger partial charge on any atom is 0.344 e. The predicted molar refractivity (Wildman–Crippen MR) is 170 cm³/mol. The highest BCUT2D eigenvalue weighted by Gasteiger charge is 2.83. The number of aliphatic hydroxyl groups excluding tert-OH is 3. The van der Waals surface area contributed by atoms with Crippen molar-refractivity contribution in [3.8, 4) is 0 Å². The number of fused-ring (bicyclic) bond motifs is 3. The highest BCUT2D eigenvalue weighted by molar-refractivity contribution is 5.91. The van der Waals surface area contributed by atoms with Gasteiger partial charge < -0.3 is 34.4 Å². The molecular formula is C36H53NO9. The molecule has 0 radical (unpaired) electrons. The van der Waals surface area contributed by atoms with Crippen molar-refractivity contribution in [1.29, 1.82) is 0 Å². The Balaban J connectivity index is 1.52. The van der Waals surface area contributed by atoms with E-state index in [0.717, 1.165) is 32.1 Å². The smallest absolute Gasteiger partial charge is 0.344 e. The van der Waals surface area contributed by atoms with E-state index in [-0.39, 0.29) is 23.0 Å². The van der Waals surface area contributed by atoms with Gasteiger partial charge in [-0.05, 0) is 43.3 Å². The van der Waals surface area contributed by atoms with Crippen LogP contribution in [0.1, 0.15) is 115 Å². The molecule has 1 aromatic rings. The molecule has 1 aromatic heterocycles. The molecule has 1 spiro atoms. The van der Waals surface area contributed by atoms with Crippen LogP contribution in [0, 0.1) is 28.6 Å². The zero-order valence-corrected chi connectivity index (χ0v) is 28.5. The van der Waals surface area contributed by atoms with E-state index in [4.69, 9.17) is 14.0 Å². The van der Waals surface area contributed by atoms with Crippen LogP contribution in [-0.4, -0.2) is 73.6 Å². The third-order valence-corrected chi connectivity index (χ3v) is 12.0. The van der Waals surface area contributed by atoms with Gasteiger partial charge >= 0.3 is 11.9 Å². The first-order chi connectivity index (χ1) is 21.7. The highest BCUT2D eigenvalue weighted by Crippen LogP contribution is 2.76. The van der Waals surface area contributed by atoms with Gasteiger partial charge in [0.25, 0.3) is 0 Å². The Morgan fingerprint density at radius 2 is 1.74 bits per heavy atom. The van der Waals surface area contributed by atoms with E-state index < -0.39 is 64.8 Å². The van der Waals surface area contributed by atoms with Crippen molar-refractivity contribution in [2.24, 2.45) is 28.6 Å². The topological polar surface area (TPSA) is 160 Å². The fraction of sp³-hybridized carbons (Fsp3) is 0.750. The number of unbranched alkanes of at least 4 members (excludes halogenated alkanes) is 4. The Morgan fingerprint density at radius 3 is 2.39 bits per heavy atom. The van der Waals surface area contributed by atoms with Gasteiger partial charge in [0.2, 0.25) is 0 Å². The number of esters is 2. The lowest BCUT2D eigenvalue weighted by Gasteiger charge is -2.51. The van der Waals surface area contributed by atoms with Crippen LogP contribution >= 0.6 is 0 Å². The average molecular weight is 644 g/mol. The van der Waals surface area contributed by atoms with Crippen molar-refractivity contribution in [2.75, 3.05) is 6.61 Å². The van der Waals surface area contributed by atoms with E-state index >= 15 is 0 Å². The van der Waals surface area contributed by atoms with Gasteiger partial charge in [-0.2, -0.15) is 0 Å². The van der Waals surface area contributed by atoms with Crippen LogP contribution in [0.4, 0.5) is 0 Å². The second-order valence-electron chi connectivity index (χ2n) is 14.8. The number of aliphatic hydroxyl groups is 4. The van der Waals surface area contributed by atoms with Crippen LogP contribution < -0.4 is 0 Å². The fourth-order valence-corrected chi connectivity index (χ4v) is 9.45. The van der Waals surface area contributed by atoms with Crippen molar-refractivity contribution in [3.05, 3.63) is 40.3 Å². The number of rotatable bonds is 12. The molecule has 2 fully saturated rings. The zero-order chi connectivity index (χ0) is 33.8. The summed E-state index contributed by atoms with van der Waals surface area (Å²) in [6, 6.07) is 0. The molecule has 46 heavy (non-hydrogen) atoms. The third-order valence-electron chi connectivity index (χ3n) is 12.0. The third kappa shape index (κ3) is 4.92. The molecule has 2 saturated carbocycles. The Bertz CT molecular complexity index is 1370. The number of carbonyl (C=O) groups excluding carboxylic acids is 2. The number of aromatic nitrogens is 1. The van der Waals surface area contributed by atoms with Gasteiger partial charge in [0, 0.05) is 30.1 Å². The molecule has 10 nitrogen and oxygen atoms in total. The SMILES string of the molecule is CCCCCCCC(=O)O[C@@]12C[C@@H](C)[C@]34C=C(C)[C@H](O)[C@@]3(O)[C@H](O)C(COC(=O)c3c(CC)noc3CC)=C[C@H](C4O)[C@@H]1C2(C)C. The average Bonchev–Trinajstić information content (AvgIpc) is 3.26. The highest BCUT2D eigenvalue weighted by atomic mass is 16.6. The molecular weight excluding hydrogens is 590 g/mol. The standard InChI is InChI=1S/C36H53NO9/c1-8-11-12-13-14-15-26(38)45-35-18-21(5)34-17-20(4)29(39)36(34,43)30(40)22(16-23(31(34)41)28(35)33(35,6)7)19-44-32(42)27-24(9-2)37-46-25(27)10-3/h16-17,21,23,28-31,39-41,43H,8-15,18-19H2,1-7H3/t21-,23+,28-,29+,30-,31?,34+,35+,36-/m1/s1. The molecule has 5 rings (SSSR count). The Labute approximate surface area is 272 Å². The fourth-order valence-electron chi connectivity index (χ4n) is 9.45. The summed E-state index contributed by atoms with van der Waals surface area (Å²) < 4.78 is 17.5. The number of hydrogen-bond acceptors (Lipinski definition) is 10. The number of nitrogens with zero attached hydrogens (tertiary/aromatic N) is 1. The number of hydrogen-bond donors (Lipinski definition) is 4. The molecule has 1 unspecified atom stereocenters. The summed E-state index contributed by atoms with van der Waals surface area (Å²) in [4.78, 5) is 26.7. The molecule has 256 valence electrons. The number of ether oxygens (including phenoxy) is 2. The van der Waals surface area contributed by atoms with Gasteiger partial charge in [-0.1, -0.05) is 84.5 Å². The summed E-state index contributed by atoms with van der Waals surface area (Å²) >= 11 is 0. The van der Waals surface area contributed by atoms with Crippen molar-refractivity contribution in [3.63, 3.8) is 0 Å². The van der Waals surface area contributed by atoms with Gasteiger partial charge in [0.05, 0.1) is 17.2 Å². The van der Waals surface area contributed by atoms with Crippen molar-refractivity contribution < 1.29 is 44.0 Å². The van der Waals surface area contributed by atoms with Crippen molar-refractivity contribution >= 4 is 11.9 Å². The maximum atomic E-state index is 13.4. The first-order valence-corrected chi connectivity index (χ1v) is 17.2. The number of aryl methyl sites for hydroxylation is 2. The molecule has 10 heteroatoms. The lowest BCUT2D eigenvalue weighted by molar-refractivity contribution is -0.216. The van der Waals surface area contributed by atoms with Gasteiger partial charge in [-0.25, -0.2) is 4.79 Å². The van der Waals surface area contributed by atoms with Crippen molar-refractivity contribution in [1.82, 2.24) is 5.16 Å². The van der Waals surface area contributed by atoms with E-state index in [9.17, 15) is 30.0 Å². The molecule has 4 N–H and O–H groups in total. The summed E-state index contributed by atoms with van der Waals surface area (Å²) in [6.07, 6.45) is 5.57. The van der Waals surface area contributed by atoms with Crippen LogP contribution in [0.15, 0.2) is 27.8 Å². The van der Waals surface area contributed by atoms with Gasteiger partial charge in [0.15, 0.2) is 5.76 Å². The first kappa shape index (κ1) is 34.8. The molecule has 0 aromatic carbocycles. The summed E-state index contributed by atoms with van der Waals surface area (Å²) in [5, 5.41) is 52.3. The molecule has 1 heterocycles. The Morgan fingerprint density at radius 1 is 1.04 bits per heavy atom. The zero-order valence-electron chi connectivity index (χ0n) is 28.5. The summed E-state index contributed by atoms with van der Waals surface area (Å²) in [7, 11) is 0. The molecule has 2 bridgehead atoms. The van der Waals surface area contributed by atoms with E-state index in [1.807, 2.05) is 34.6 Å². The van der Waals surface area contributed by atoms with Crippen LogP contribution in [-0.2, 0) is 27.1 Å². The predicted octanol–water partition coefficient (Wildman–Crippen LogP) is 4.61. The maximum absolute atomic E-state index is 13.4. The van der Waals surface area contributed by atoms with Gasteiger partial charge in [-0.15, -0.1) is 0 Å². The molecule has 0 amide bonds. The Kier molecular flexibility index (Phi) is 9.45. The van der Waals surface area contributed by atoms with Crippen molar-refractivity contribution in [2.45, 2.75) is 136 Å². The van der Waals surface area contributed by atoms with E-state index in [1.54, 1.807) is 19.1 Å². The molecule has 9 atom stereocenters. The summed E-state index contributed by atoms with van der Waals surface area (Å²) in [5.41, 5.74) is -3.83. The van der Waals surface area contributed by atoms with Crippen LogP contribution in [0.3, 0.4) is 0 Å². The minimum atomic E-state index is -2.23. The largest absolute Gasteiger partial charge is 0.458 e. The summed E-state index contributed by atoms with van der Waals surface area (Å²) in [6.45, 7) is 13.1. The second kappa shape index (κ2) is 12.5. The van der Waals surface area contributed by atoms with E-state index in [1.165, 1.54) is 0 Å². The lowest BCUT2D eigenvalue weighted by Crippen LogP contribution is -2.66. The molecule has 0 saturated heterocycles. The minimum absolute atomic E-state index is 0.171. The quantitative estimate of drug-likeness (QED) is 0.144. The van der Waals surface area contributed by atoms with Gasteiger partial charge in [-0.3, -0.25) is 4.79 Å². The van der Waals surface area contributed by atoms with Gasteiger partial charge in [0.1, 0.15) is 35.6 Å².